The van der Waals surface area contributed by atoms with Crippen molar-refractivity contribution in [3.63, 3.8) is 0 Å². The molecule has 0 saturated heterocycles. The maximum Gasteiger partial charge on any atom is 0.225 e. The number of benzene rings is 1. The molecule has 0 unspecified atom stereocenters. The van der Waals surface area contributed by atoms with Gasteiger partial charge in [-0.1, -0.05) is 29.8 Å². The summed E-state index contributed by atoms with van der Waals surface area (Å²) in [5, 5.41) is 7.23. The van der Waals surface area contributed by atoms with Crippen molar-refractivity contribution in [3.8, 4) is 0 Å². The highest BCUT2D eigenvalue weighted by Crippen LogP contribution is 2.17. The predicted molar refractivity (Wildman–Crippen MR) is 84.3 cm³/mol. The van der Waals surface area contributed by atoms with E-state index >= 15 is 0 Å². The number of nitrogens with zero attached hydrogens (tertiary/aromatic N) is 2. The molecule has 20 heavy (non-hydrogen) atoms. The second kappa shape index (κ2) is 6.57. The van der Waals surface area contributed by atoms with Gasteiger partial charge < -0.3 is 10.6 Å². The molecule has 0 spiro atoms. The Labute approximate surface area is 124 Å². The first kappa shape index (κ1) is 14.6. The van der Waals surface area contributed by atoms with Gasteiger partial charge in [0.15, 0.2) is 0 Å². The fourth-order valence-corrected chi connectivity index (χ4v) is 2.04. The first-order chi connectivity index (χ1) is 9.54. The lowest BCUT2D eigenvalue weighted by molar-refractivity contribution is 0.883. The first-order valence-electron chi connectivity index (χ1n) is 6.64. The summed E-state index contributed by atoms with van der Waals surface area (Å²) in [4.78, 5) is 8.82. The van der Waals surface area contributed by atoms with E-state index in [1.165, 1.54) is 0 Å². The minimum atomic E-state index is 0.334. The highest BCUT2D eigenvalue weighted by molar-refractivity contribution is 6.31. The van der Waals surface area contributed by atoms with Gasteiger partial charge in [0.2, 0.25) is 5.95 Å². The van der Waals surface area contributed by atoms with Gasteiger partial charge in [-0.15, -0.1) is 0 Å². The minimum Gasteiger partial charge on any atom is -0.368 e. The number of aryl methyl sites for hydroxylation is 1. The zero-order valence-electron chi connectivity index (χ0n) is 11.9. The molecule has 0 aliphatic heterocycles. The highest BCUT2D eigenvalue weighted by Gasteiger charge is 2.04. The number of hydrogen-bond donors (Lipinski definition) is 2. The lowest BCUT2D eigenvalue weighted by atomic mass is 10.2. The van der Waals surface area contributed by atoms with Crippen molar-refractivity contribution in [1.82, 2.24) is 9.97 Å². The zero-order chi connectivity index (χ0) is 14.5. The third-order valence-corrected chi connectivity index (χ3v) is 3.05. The fourth-order valence-electron chi connectivity index (χ4n) is 1.83. The van der Waals surface area contributed by atoms with Crippen LogP contribution < -0.4 is 10.6 Å². The van der Waals surface area contributed by atoms with Crippen molar-refractivity contribution in [1.29, 1.82) is 0 Å². The van der Waals surface area contributed by atoms with Gasteiger partial charge in [-0.05, 0) is 32.4 Å². The van der Waals surface area contributed by atoms with Crippen molar-refractivity contribution in [2.75, 3.05) is 10.6 Å². The Balaban J connectivity index is 2.09. The van der Waals surface area contributed by atoms with Crippen LogP contribution in [0.4, 0.5) is 11.8 Å². The summed E-state index contributed by atoms with van der Waals surface area (Å²) in [6.45, 7) is 6.71. The number of anilines is 2. The smallest absolute Gasteiger partial charge is 0.225 e. The predicted octanol–water partition coefficient (Wildman–Crippen LogP) is 3.87. The van der Waals surface area contributed by atoms with Crippen molar-refractivity contribution >= 4 is 23.4 Å². The second-order valence-electron chi connectivity index (χ2n) is 4.96. The minimum absolute atomic E-state index is 0.334. The molecule has 1 aromatic heterocycles. The van der Waals surface area contributed by atoms with E-state index in [1.807, 2.05) is 37.3 Å². The molecule has 0 fully saturated rings. The topological polar surface area (TPSA) is 49.8 Å². The Morgan fingerprint density at radius 3 is 2.65 bits per heavy atom. The lowest BCUT2D eigenvalue weighted by Crippen LogP contribution is -2.13. The van der Waals surface area contributed by atoms with Crippen LogP contribution in [0.3, 0.4) is 0 Å². The van der Waals surface area contributed by atoms with Gasteiger partial charge in [-0.3, -0.25) is 0 Å². The van der Waals surface area contributed by atoms with E-state index in [-0.39, 0.29) is 0 Å². The van der Waals surface area contributed by atoms with Crippen molar-refractivity contribution in [2.45, 2.75) is 33.4 Å². The lowest BCUT2D eigenvalue weighted by Gasteiger charge is -2.12. The fraction of sp³-hybridized carbons (Fsp3) is 0.333. The number of rotatable bonds is 5. The quantitative estimate of drug-likeness (QED) is 0.877. The molecule has 2 rings (SSSR count). The molecule has 2 N–H and O–H groups in total. The Morgan fingerprint density at radius 2 is 1.95 bits per heavy atom. The van der Waals surface area contributed by atoms with E-state index < -0.39 is 0 Å². The summed E-state index contributed by atoms with van der Waals surface area (Å²) in [5.74, 6) is 1.43. The van der Waals surface area contributed by atoms with Crippen LogP contribution in [-0.2, 0) is 6.54 Å². The summed E-state index contributed by atoms with van der Waals surface area (Å²) in [7, 11) is 0. The normalized spacial score (nSPS) is 10.7. The third-order valence-electron chi connectivity index (χ3n) is 2.69. The van der Waals surface area contributed by atoms with E-state index in [1.54, 1.807) is 0 Å². The Bertz CT molecular complexity index is 584. The first-order valence-corrected chi connectivity index (χ1v) is 7.02. The SMILES string of the molecule is Cc1cc(NC(C)C)nc(NCc2ccccc2Cl)n1. The number of aromatic nitrogens is 2. The molecule has 0 aliphatic carbocycles. The summed E-state index contributed by atoms with van der Waals surface area (Å²) >= 11 is 6.13. The molecule has 1 aromatic carbocycles. The van der Waals surface area contributed by atoms with Gasteiger partial charge in [0.25, 0.3) is 0 Å². The summed E-state index contributed by atoms with van der Waals surface area (Å²) < 4.78 is 0. The molecule has 5 heteroatoms. The van der Waals surface area contributed by atoms with Crippen LogP contribution in [0.15, 0.2) is 30.3 Å². The standard InChI is InChI=1S/C15H19ClN4/c1-10(2)18-14-8-11(3)19-15(20-14)17-9-12-6-4-5-7-13(12)16/h4-8,10H,9H2,1-3H3,(H2,17,18,19,20). The third kappa shape index (κ3) is 4.10. The molecule has 0 radical (unpaired) electrons. The van der Waals surface area contributed by atoms with Crippen molar-refractivity contribution in [2.24, 2.45) is 0 Å². The average Bonchev–Trinajstić information content (AvgIpc) is 2.36. The van der Waals surface area contributed by atoms with Gasteiger partial charge in [0.05, 0.1) is 0 Å². The van der Waals surface area contributed by atoms with Crippen LogP contribution in [0, 0.1) is 6.92 Å². The van der Waals surface area contributed by atoms with Crippen LogP contribution in [0.5, 0.6) is 0 Å². The molecular formula is C15H19ClN4. The maximum absolute atomic E-state index is 6.13. The van der Waals surface area contributed by atoms with E-state index in [0.717, 1.165) is 22.1 Å². The second-order valence-corrected chi connectivity index (χ2v) is 5.37. The molecule has 2 aromatic rings. The molecule has 0 amide bonds. The summed E-state index contributed by atoms with van der Waals surface area (Å²) in [6.07, 6.45) is 0. The molecule has 0 atom stereocenters. The van der Waals surface area contributed by atoms with Crippen LogP contribution >= 0.6 is 11.6 Å². The van der Waals surface area contributed by atoms with Gasteiger partial charge in [0, 0.05) is 29.4 Å². The van der Waals surface area contributed by atoms with Gasteiger partial charge in [-0.2, -0.15) is 4.98 Å². The van der Waals surface area contributed by atoms with Gasteiger partial charge in [0.1, 0.15) is 5.82 Å². The largest absolute Gasteiger partial charge is 0.368 e. The van der Waals surface area contributed by atoms with Gasteiger partial charge >= 0.3 is 0 Å². The monoisotopic (exact) mass is 290 g/mol. The van der Waals surface area contributed by atoms with Crippen molar-refractivity contribution in [3.05, 3.63) is 46.6 Å². The van der Waals surface area contributed by atoms with E-state index in [4.69, 9.17) is 11.6 Å². The number of nitrogens with one attached hydrogen (secondary N) is 2. The van der Waals surface area contributed by atoms with Gasteiger partial charge in [-0.25, -0.2) is 4.98 Å². The van der Waals surface area contributed by atoms with Crippen molar-refractivity contribution < 1.29 is 0 Å². The molecule has 0 aliphatic rings. The molecule has 1 heterocycles. The summed E-state index contributed by atoms with van der Waals surface area (Å²) in [5.41, 5.74) is 1.95. The van der Waals surface area contributed by atoms with E-state index in [9.17, 15) is 0 Å². The van der Waals surface area contributed by atoms with Crippen LogP contribution in [0.25, 0.3) is 0 Å². The molecule has 106 valence electrons. The van der Waals surface area contributed by atoms with E-state index in [0.29, 0.717) is 18.5 Å². The Morgan fingerprint density at radius 1 is 1.20 bits per heavy atom. The zero-order valence-corrected chi connectivity index (χ0v) is 12.7. The maximum atomic E-state index is 6.13. The van der Waals surface area contributed by atoms with Crippen LogP contribution in [0.2, 0.25) is 5.02 Å². The highest BCUT2D eigenvalue weighted by atomic mass is 35.5. The number of hydrogen-bond acceptors (Lipinski definition) is 4. The Hall–Kier alpha value is -1.81. The van der Waals surface area contributed by atoms with Crippen LogP contribution in [0.1, 0.15) is 25.1 Å². The molecule has 4 nitrogen and oxygen atoms in total. The number of halogens is 1. The molecular weight excluding hydrogens is 272 g/mol. The van der Waals surface area contributed by atoms with Crippen LogP contribution in [-0.4, -0.2) is 16.0 Å². The summed E-state index contributed by atoms with van der Waals surface area (Å²) in [6, 6.07) is 10.0. The molecule has 0 bridgehead atoms. The average molecular weight is 291 g/mol. The Kier molecular flexibility index (Phi) is 4.79. The van der Waals surface area contributed by atoms with E-state index in [2.05, 4.69) is 34.4 Å². The molecule has 0 saturated carbocycles.